The molecule has 0 saturated carbocycles. The number of nitrogens with one attached hydrogen (secondary N) is 4. The number of carbonyl (C=O) groups excluding carboxylic acids is 10. The Morgan fingerprint density at radius 2 is 0.675 bits per heavy atom. The van der Waals surface area contributed by atoms with E-state index in [1.165, 1.54) is 23.9 Å². The van der Waals surface area contributed by atoms with Gasteiger partial charge >= 0.3 is 23.9 Å². The van der Waals surface area contributed by atoms with Crippen molar-refractivity contribution in [2.24, 2.45) is 59.2 Å². The Bertz CT molecular complexity index is 2060. The highest BCUT2D eigenvalue weighted by Gasteiger charge is 2.44. The minimum absolute atomic E-state index is 0.219. The highest BCUT2D eigenvalue weighted by molar-refractivity contribution is 5.94. The molecule has 1 fully saturated rings. The average Bonchev–Trinajstić information content (AvgIpc) is 3.35. The van der Waals surface area contributed by atoms with Crippen molar-refractivity contribution >= 4 is 59.3 Å². The Morgan fingerprint density at radius 1 is 0.400 bits per heavy atom. The smallest absolute Gasteiger partial charge is 0.348 e. The molecule has 12 atom stereocenters. The van der Waals surface area contributed by atoms with Gasteiger partial charge in [0.15, 0.2) is 12.2 Å². The average molecular weight is 1130 g/mol. The Labute approximate surface area is 477 Å². The number of hydrogen-bond acceptors (Lipinski definition) is 14. The standard InChI is InChI=1S/C60H98N6O14/c1-23-25-27-29-41-39(19)55(71)65(21)45(33(7)8)57(73)79-49(37(15)16)59(75)78-48(36(13)14)54(70)64-44(32(5)6)52(68)62-42(30-28-26-24-2)40(20)56(72)66(22)46(34(9)10)58(74)80-50(38(17)18)60(76)77-47(35(11)12)53(69)63-43(31(3)4)51(67)61-41/h1-2,31-50H,25-30H2,3-22H3,(H,61,67)(H,62,68)(H,63,69)(H,64,70). The SMILES string of the molecule is C#CCCCC1NC(=O)C(C(C)C)NC(=O)C(C(C)C)OC(=O)C(C(C)C)OC(=O)C(C(C)C)N(C)C(=O)C(C)C(CCCC#C)NC(=O)C(C(C)C)NC(=O)C(C(C)C)OC(=O)C(C(C)C)OC(=O)C(C(C)C)N(C)C(=O)C1C. The fraction of sp³-hybridized carbons (Fsp3) is 0.767. The van der Waals surface area contributed by atoms with E-state index in [0.29, 0.717) is 25.7 Å². The van der Waals surface area contributed by atoms with Crippen LogP contribution in [0.2, 0.25) is 0 Å². The third kappa shape index (κ3) is 20.7. The fourth-order valence-electron chi connectivity index (χ4n) is 9.52. The van der Waals surface area contributed by atoms with Gasteiger partial charge in [-0.1, -0.05) is 125 Å². The second-order valence-electron chi connectivity index (χ2n) is 24.1. The Hall–Kier alpha value is -6.18. The second-order valence-corrected chi connectivity index (χ2v) is 24.1. The predicted octanol–water partition coefficient (Wildman–Crippen LogP) is 5.37. The number of rotatable bonds is 14. The summed E-state index contributed by atoms with van der Waals surface area (Å²) >= 11 is 0. The van der Waals surface area contributed by atoms with Crippen molar-refractivity contribution in [2.75, 3.05) is 14.1 Å². The summed E-state index contributed by atoms with van der Waals surface area (Å²) in [6, 6.07) is -6.72. The van der Waals surface area contributed by atoms with Crippen LogP contribution in [-0.2, 0) is 66.9 Å². The predicted molar refractivity (Wildman–Crippen MR) is 303 cm³/mol. The van der Waals surface area contributed by atoms with Crippen LogP contribution < -0.4 is 21.3 Å². The first-order chi connectivity index (χ1) is 37.1. The molecule has 4 N–H and O–H groups in total. The molecule has 0 aliphatic carbocycles. The monoisotopic (exact) mass is 1130 g/mol. The zero-order chi connectivity index (χ0) is 61.8. The molecule has 0 bridgehead atoms. The molecule has 1 heterocycles. The van der Waals surface area contributed by atoms with Crippen molar-refractivity contribution in [2.45, 2.75) is 224 Å². The van der Waals surface area contributed by atoms with Crippen LogP contribution in [0.3, 0.4) is 0 Å². The Balaban J connectivity index is 4.19. The quantitative estimate of drug-likeness (QED) is 0.0738. The van der Waals surface area contributed by atoms with Crippen molar-refractivity contribution in [1.82, 2.24) is 31.1 Å². The van der Waals surface area contributed by atoms with Gasteiger partial charge in [0.1, 0.15) is 24.2 Å². The maximum atomic E-state index is 14.5. The van der Waals surface area contributed by atoms with Gasteiger partial charge in [-0.15, -0.1) is 24.7 Å². The largest absolute Gasteiger partial charge is 0.449 e. The number of unbranched alkanes of at least 4 members (excludes halogenated alkanes) is 2. The first kappa shape index (κ1) is 71.8. The first-order valence-electron chi connectivity index (χ1n) is 28.5. The molecule has 452 valence electrons. The molecule has 0 radical (unpaired) electrons. The van der Waals surface area contributed by atoms with Crippen LogP contribution in [0.25, 0.3) is 0 Å². The highest BCUT2D eigenvalue weighted by atomic mass is 16.6. The van der Waals surface area contributed by atoms with Crippen LogP contribution in [0.5, 0.6) is 0 Å². The molecule has 0 aromatic rings. The number of carbonyl (C=O) groups is 10. The van der Waals surface area contributed by atoms with Crippen molar-refractivity contribution in [1.29, 1.82) is 0 Å². The third-order valence-corrected chi connectivity index (χ3v) is 14.5. The number of nitrogens with zero attached hydrogens (tertiary/aromatic N) is 2. The molecular weight excluding hydrogens is 1030 g/mol. The molecule has 80 heavy (non-hydrogen) atoms. The molecule has 0 aromatic carbocycles. The first-order valence-corrected chi connectivity index (χ1v) is 28.5. The van der Waals surface area contributed by atoms with E-state index in [2.05, 4.69) is 33.1 Å². The van der Waals surface area contributed by atoms with Gasteiger partial charge in [0, 0.05) is 50.9 Å². The summed E-state index contributed by atoms with van der Waals surface area (Å²) in [4.78, 5) is 146. The lowest BCUT2D eigenvalue weighted by Gasteiger charge is -2.36. The topological polar surface area (TPSA) is 262 Å². The number of cyclic esters (lactones) is 4. The van der Waals surface area contributed by atoms with E-state index in [-0.39, 0.29) is 12.8 Å². The van der Waals surface area contributed by atoms with E-state index in [1.54, 1.807) is 125 Å². The van der Waals surface area contributed by atoms with Crippen LogP contribution in [0.15, 0.2) is 0 Å². The molecule has 1 aliphatic rings. The van der Waals surface area contributed by atoms with E-state index < -0.39 is 179 Å². The van der Waals surface area contributed by atoms with E-state index in [0.717, 1.165) is 0 Å². The molecule has 20 heteroatoms. The van der Waals surface area contributed by atoms with E-state index in [1.807, 2.05) is 0 Å². The molecule has 12 unspecified atom stereocenters. The van der Waals surface area contributed by atoms with Crippen molar-refractivity contribution in [3.63, 3.8) is 0 Å². The van der Waals surface area contributed by atoms with Crippen LogP contribution >= 0.6 is 0 Å². The molecule has 0 aromatic heterocycles. The summed E-state index contributed by atoms with van der Waals surface area (Å²) in [6.45, 7) is 29.7. The summed E-state index contributed by atoms with van der Waals surface area (Å²) in [5.41, 5.74) is 0. The van der Waals surface area contributed by atoms with Gasteiger partial charge in [-0.25, -0.2) is 19.2 Å². The molecule has 1 saturated heterocycles. The van der Waals surface area contributed by atoms with Crippen LogP contribution in [-0.4, -0.2) is 144 Å². The molecule has 0 spiro atoms. The van der Waals surface area contributed by atoms with Crippen LogP contribution in [0, 0.1) is 83.9 Å². The molecule has 1 aliphatic heterocycles. The lowest BCUT2D eigenvalue weighted by Crippen LogP contribution is -2.58. The number of terminal acetylenes is 2. The summed E-state index contributed by atoms with van der Waals surface area (Å²) in [6.07, 6.45) is 6.96. The molecular formula is C60H98N6O14. The zero-order valence-corrected chi connectivity index (χ0v) is 51.6. The molecule has 20 nitrogen and oxygen atoms in total. The maximum absolute atomic E-state index is 14.5. The van der Waals surface area contributed by atoms with Crippen LogP contribution in [0.4, 0.5) is 0 Å². The van der Waals surface area contributed by atoms with Gasteiger partial charge in [-0.3, -0.25) is 28.8 Å². The fourth-order valence-corrected chi connectivity index (χ4v) is 9.52. The van der Waals surface area contributed by atoms with Gasteiger partial charge in [-0.05, 0) is 61.2 Å². The van der Waals surface area contributed by atoms with E-state index >= 15 is 0 Å². The van der Waals surface area contributed by atoms with E-state index in [4.69, 9.17) is 31.8 Å². The second kappa shape index (κ2) is 33.5. The number of esters is 4. The highest BCUT2D eigenvalue weighted by Crippen LogP contribution is 2.25. The van der Waals surface area contributed by atoms with E-state index in [9.17, 15) is 47.9 Å². The summed E-state index contributed by atoms with van der Waals surface area (Å²) in [5.74, 6) is -9.78. The minimum Gasteiger partial charge on any atom is -0.449 e. The van der Waals surface area contributed by atoms with Gasteiger partial charge in [0.2, 0.25) is 35.8 Å². The lowest BCUT2D eigenvalue weighted by atomic mass is 9.92. The number of ether oxygens (including phenoxy) is 4. The van der Waals surface area contributed by atoms with Gasteiger partial charge < -0.3 is 50.0 Å². The maximum Gasteiger partial charge on any atom is 0.348 e. The van der Waals surface area contributed by atoms with Gasteiger partial charge in [-0.2, -0.15) is 0 Å². The summed E-state index contributed by atoms with van der Waals surface area (Å²) in [5, 5.41) is 11.4. The summed E-state index contributed by atoms with van der Waals surface area (Å²) in [7, 11) is 2.82. The van der Waals surface area contributed by atoms with Gasteiger partial charge in [0.25, 0.3) is 11.8 Å². The van der Waals surface area contributed by atoms with Crippen molar-refractivity contribution in [3.05, 3.63) is 0 Å². The van der Waals surface area contributed by atoms with Crippen molar-refractivity contribution < 1.29 is 66.9 Å². The number of hydrogen-bond donors (Lipinski definition) is 4. The normalized spacial score (nSPS) is 27.9. The molecule has 1 rings (SSSR count). The minimum atomic E-state index is -1.55. The Morgan fingerprint density at radius 3 is 0.912 bits per heavy atom. The number of likely N-dealkylation sites (N-methyl/N-ethyl adjacent to an activating group) is 2. The van der Waals surface area contributed by atoms with Crippen LogP contribution in [0.1, 0.15) is 163 Å². The van der Waals surface area contributed by atoms with Gasteiger partial charge in [0.05, 0.1) is 11.8 Å². The zero-order valence-electron chi connectivity index (χ0n) is 51.6. The lowest BCUT2D eigenvalue weighted by molar-refractivity contribution is -0.182. The molecule has 6 amide bonds. The third-order valence-electron chi connectivity index (χ3n) is 14.5. The number of amides is 6. The Kier molecular flexibility index (Phi) is 30.1. The summed E-state index contributed by atoms with van der Waals surface area (Å²) < 4.78 is 23.5. The van der Waals surface area contributed by atoms with Crippen molar-refractivity contribution in [3.8, 4) is 24.7 Å².